The predicted octanol–water partition coefficient (Wildman–Crippen LogP) is 3.60. The minimum atomic E-state index is -0.291. The number of nitrogens with zero attached hydrogens (tertiary/aromatic N) is 3. The van der Waals surface area contributed by atoms with Gasteiger partial charge >= 0.3 is 0 Å². The van der Waals surface area contributed by atoms with Gasteiger partial charge in [0.15, 0.2) is 0 Å². The second kappa shape index (κ2) is 6.30. The molecule has 4 nitrogen and oxygen atoms in total. The lowest BCUT2D eigenvalue weighted by molar-refractivity contribution is 0.630. The molecule has 110 valence electrons. The van der Waals surface area contributed by atoms with Crippen LogP contribution in [0.3, 0.4) is 0 Å². The Bertz CT molecular complexity index is 775. The summed E-state index contributed by atoms with van der Waals surface area (Å²) in [6.45, 7) is 2.41. The maximum absolute atomic E-state index is 13.9. The van der Waals surface area contributed by atoms with E-state index in [1.165, 1.54) is 6.07 Å². The Morgan fingerprint density at radius 2 is 1.82 bits per heavy atom. The molecule has 3 rings (SSSR count). The highest BCUT2D eigenvalue weighted by atomic mass is 19.1. The molecule has 2 heterocycles. The summed E-state index contributed by atoms with van der Waals surface area (Å²) in [5.74, 6) is 0.973. The second-order valence-corrected chi connectivity index (χ2v) is 4.87. The molecular weight excluding hydrogens is 279 g/mol. The van der Waals surface area contributed by atoms with Gasteiger partial charge in [-0.15, -0.1) is 0 Å². The number of nitrogens with one attached hydrogen (secondary N) is 1. The smallest absolute Gasteiger partial charge is 0.132 e. The Kier molecular flexibility index (Phi) is 4.05. The highest BCUT2D eigenvalue weighted by molar-refractivity contribution is 5.63. The van der Waals surface area contributed by atoms with Crippen LogP contribution in [0.25, 0.3) is 11.3 Å². The number of pyridine rings is 1. The number of rotatable bonds is 4. The summed E-state index contributed by atoms with van der Waals surface area (Å²) in [7, 11) is 0. The summed E-state index contributed by atoms with van der Waals surface area (Å²) < 4.78 is 13.9. The Hall–Kier alpha value is -2.82. The minimum absolute atomic E-state index is 0.291. The third-order valence-electron chi connectivity index (χ3n) is 3.21. The van der Waals surface area contributed by atoms with Crippen molar-refractivity contribution in [2.24, 2.45) is 0 Å². The van der Waals surface area contributed by atoms with E-state index in [-0.39, 0.29) is 5.82 Å². The number of anilines is 1. The van der Waals surface area contributed by atoms with Gasteiger partial charge in [0, 0.05) is 30.6 Å². The number of aromatic nitrogens is 3. The largest absolute Gasteiger partial charge is 0.366 e. The average Bonchev–Trinajstić information content (AvgIpc) is 2.54. The molecule has 0 fully saturated rings. The Labute approximate surface area is 128 Å². The van der Waals surface area contributed by atoms with Crippen LogP contribution >= 0.6 is 0 Å². The first-order chi connectivity index (χ1) is 10.7. The number of hydrogen-bond acceptors (Lipinski definition) is 4. The fourth-order valence-corrected chi connectivity index (χ4v) is 2.16. The molecule has 1 N–H and O–H groups in total. The van der Waals surface area contributed by atoms with E-state index in [0.717, 1.165) is 5.56 Å². The van der Waals surface area contributed by atoms with Gasteiger partial charge in [-0.3, -0.25) is 4.98 Å². The summed E-state index contributed by atoms with van der Waals surface area (Å²) in [6.07, 6.45) is 3.49. The zero-order valence-corrected chi connectivity index (χ0v) is 12.1. The highest BCUT2D eigenvalue weighted by Crippen LogP contribution is 2.22. The molecule has 0 spiro atoms. The number of halogens is 1. The maximum Gasteiger partial charge on any atom is 0.132 e. The summed E-state index contributed by atoms with van der Waals surface area (Å²) in [5.41, 5.74) is 2.14. The van der Waals surface area contributed by atoms with Crippen molar-refractivity contribution in [3.05, 3.63) is 72.1 Å². The molecule has 0 aliphatic carbocycles. The lowest BCUT2D eigenvalue weighted by Crippen LogP contribution is -2.04. The van der Waals surface area contributed by atoms with Crippen LogP contribution in [0.4, 0.5) is 10.2 Å². The topological polar surface area (TPSA) is 50.7 Å². The first-order valence-electron chi connectivity index (χ1n) is 6.96. The lowest BCUT2D eigenvalue weighted by Gasteiger charge is -2.09. The van der Waals surface area contributed by atoms with Gasteiger partial charge in [-0.25, -0.2) is 14.4 Å². The first kappa shape index (κ1) is 14.1. The van der Waals surface area contributed by atoms with Crippen molar-refractivity contribution in [2.75, 3.05) is 5.32 Å². The molecule has 0 saturated heterocycles. The quantitative estimate of drug-likeness (QED) is 0.799. The Morgan fingerprint density at radius 3 is 2.59 bits per heavy atom. The standard InChI is InChI=1S/C17H15FN4/c1-12-21-16(14-4-2-3-5-15(14)18)10-17(22-12)20-11-13-6-8-19-9-7-13/h2-10H,11H2,1H3,(H,20,21,22). The van der Waals surface area contributed by atoms with Crippen molar-refractivity contribution in [2.45, 2.75) is 13.5 Å². The monoisotopic (exact) mass is 294 g/mol. The first-order valence-corrected chi connectivity index (χ1v) is 6.96. The van der Waals surface area contributed by atoms with Crippen LogP contribution in [0.15, 0.2) is 54.9 Å². The molecule has 1 aromatic carbocycles. The van der Waals surface area contributed by atoms with Gasteiger partial charge in [-0.2, -0.15) is 0 Å². The summed E-state index contributed by atoms with van der Waals surface area (Å²) in [5, 5.41) is 3.23. The zero-order chi connectivity index (χ0) is 15.4. The molecule has 22 heavy (non-hydrogen) atoms. The molecular formula is C17H15FN4. The van der Waals surface area contributed by atoms with Gasteiger partial charge in [0.25, 0.3) is 0 Å². The van der Waals surface area contributed by atoms with E-state index in [1.54, 1.807) is 43.6 Å². The summed E-state index contributed by atoms with van der Waals surface area (Å²) in [4.78, 5) is 12.6. The molecule has 0 radical (unpaired) electrons. The van der Waals surface area contributed by atoms with Crippen molar-refractivity contribution < 1.29 is 4.39 Å². The molecule has 2 aromatic heterocycles. The number of hydrogen-bond donors (Lipinski definition) is 1. The fourth-order valence-electron chi connectivity index (χ4n) is 2.16. The van der Waals surface area contributed by atoms with E-state index in [2.05, 4.69) is 20.3 Å². The number of benzene rings is 1. The minimum Gasteiger partial charge on any atom is -0.366 e. The van der Waals surface area contributed by atoms with Crippen LogP contribution in [0.2, 0.25) is 0 Å². The molecule has 0 bridgehead atoms. The van der Waals surface area contributed by atoms with Gasteiger partial charge in [-0.1, -0.05) is 12.1 Å². The molecule has 0 atom stereocenters. The maximum atomic E-state index is 13.9. The van der Waals surface area contributed by atoms with Gasteiger partial charge in [0.1, 0.15) is 17.5 Å². The van der Waals surface area contributed by atoms with Gasteiger partial charge in [-0.05, 0) is 36.8 Å². The van der Waals surface area contributed by atoms with E-state index in [1.807, 2.05) is 12.1 Å². The van der Waals surface area contributed by atoms with Crippen LogP contribution in [0.1, 0.15) is 11.4 Å². The van der Waals surface area contributed by atoms with Crippen molar-refractivity contribution in [1.82, 2.24) is 15.0 Å². The number of aryl methyl sites for hydroxylation is 1. The van der Waals surface area contributed by atoms with Gasteiger partial charge in [0.05, 0.1) is 5.69 Å². The average molecular weight is 294 g/mol. The second-order valence-electron chi connectivity index (χ2n) is 4.87. The highest BCUT2D eigenvalue weighted by Gasteiger charge is 2.08. The van der Waals surface area contributed by atoms with Gasteiger partial charge < -0.3 is 5.32 Å². The van der Waals surface area contributed by atoms with E-state index < -0.39 is 0 Å². The van der Waals surface area contributed by atoms with Crippen molar-refractivity contribution in [1.29, 1.82) is 0 Å². The molecule has 3 aromatic rings. The molecule has 0 amide bonds. The van der Waals surface area contributed by atoms with Crippen molar-refractivity contribution in [3.63, 3.8) is 0 Å². The van der Waals surface area contributed by atoms with Crippen molar-refractivity contribution in [3.8, 4) is 11.3 Å². The van der Waals surface area contributed by atoms with Crippen molar-refractivity contribution >= 4 is 5.82 Å². The molecule has 5 heteroatoms. The molecule has 0 aliphatic rings. The third kappa shape index (κ3) is 3.25. The molecule has 0 unspecified atom stereocenters. The van der Waals surface area contributed by atoms with Gasteiger partial charge in [0.2, 0.25) is 0 Å². The molecule has 0 aliphatic heterocycles. The van der Waals surface area contributed by atoms with Crippen LogP contribution in [-0.2, 0) is 6.54 Å². The lowest BCUT2D eigenvalue weighted by atomic mass is 10.1. The Morgan fingerprint density at radius 1 is 1.05 bits per heavy atom. The van der Waals surface area contributed by atoms with Crippen LogP contribution in [-0.4, -0.2) is 15.0 Å². The van der Waals surface area contributed by atoms with Crippen LogP contribution < -0.4 is 5.32 Å². The SMILES string of the molecule is Cc1nc(NCc2ccncc2)cc(-c2ccccc2F)n1. The van der Waals surface area contributed by atoms with E-state index in [9.17, 15) is 4.39 Å². The van der Waals surface area contributed by atoms with Crippen LogP contribution in [0.5, 0.6) is 0 Å². The van der Waals surface area contributed by atoms with Crippen LogP contribution in [0, 0.1) is 12.7 Å². The fraction of sp³-hybridized carbons (Fsp3) is 0.118. The predicted molar refractivity (Wildman–Crippen MR) is 83.7 cm³/mol. The normalized spacial score (nSPS) is 10.5. The van der Waals surface area contributed by atoms with E-state index in [0.29, 0.717) is 29.4 Å². The summed E-state index contributed by atoms with van der Waals surface area (Å²) in [6, 6.07) is 12.2. The van der Waals surface area contributed by atoms with E-state index in [4.69, 9.17) is 0 Å². The zero-order valence-electron chi connectivity index (χ0n) is 12.1. The molecule has 0 saturated carbocycles. The van der Waals surface area contributed by atoms with E-state index >= 15 is 0 Å². The summed E-state index contributed by atoms with van der Waals surface area (Å²) >= 11 is 0. The third-order valence-corrected chi connectivity index (χ3v) is 3.21. The Balaban J connectivity index is 1.86.